The number of fused-ring (bicyclic) bond motifs is 1. The fourth-order valence-corrected chi connectivity index (χ4v) is 5.84. The maximum atomic E-state index is 14.2. The minimum atomic E-state index is -0.503. The van der Waals surface area contributed by atoms with Crippen LogP contribution < -0.4 is 15.8 Å². The molecule has 4 aromatic rings. The van der Waals surface area contributed by atoms with Gasteiger partial charge in [0, 0.05) is 24.2 Å². The number of aryl methyl sites for hydroxylation is 1. The van der Waals surface area contributed by atoms with Gasteiger partial charge in [-0.25, -0.2) is 19.3 Å². The van der Waals surface area contributed by atoms with Crippen LogP contribution in [0.1, 0.15) is 33.1 Å². The van der Waals surface area contributed by atoms with Gasteiger partial charge in [-0.15, -0.1) is 22.7 Å². The van der Waals surface area contributed by atoms with Crippen molar-refractivity contribution in [3.63, 3.8) is 0 Å². The molecule has 0 radical (unpaired) electrons. The number of benzene rings is 1. The number of ether oxygens (including phenoxy) is 1. The van der Waals surface area contributed by atoms with E-state index < -0.39 is 5.91 Å². The van der Waals surface area contributed by atoms with Crippen LogP contribution in [0.3, 0.4) is 0 Å². The van der Waals surface area contributed by atoms with Crippen LogP contribution in [-0.4, -0.2) is 45.0 Å². The third kappa shape index (κ3) is 4.72. The number of halogens is 1. The number of thiazole rings is 1. The number of thiophene rings is 1. The van der Waals surface area contributed by atoms with Gasteiger partial charge >= 0.3 is 0 Å². The molecule has 1 saturated heterocycles. The summed E-state index contributed by atoms with van der Waals surface area (Å²) in [6.07, 6.45) is 5.03. The van der Waals surface area contributed by atoms with E-state index in [4.69, 9.17) is 10.5 Å². The smallest absolute Gasteiger partial charge is 0.259 e. The molecule has 34 heavy (non-hydrogen) atoms. The SMILES string of the molecule is Cc1c(C(N)=O)sc2ncnc(Nc3ccc(F)cc3O[C@@H]3CCCN(Cc4nccs4)C3)c12. The Kier molecular flexibility index (Phi) is 6.40. The summed E-state index contributed by atoms with van der Waals surface area (Å²) in [7, 11) is 0. The first-order valence-electron chi connectivity index (χ1n) is 10.9. The van der Waals surface area contributed by atoms with Gasteiger partial charge in [0.2, 0.25) is 0 Å². The van der Waals surface area contributed by atoms with Crippen LogP contribution in [0.25, 0.3) is 10.2 Å². The molecule has 1 atom stereocenters. The van der Waals surface area contributed by atoms with Gasteiger partial charge in [-0.05, 0) is 44.0 Å². The Labute approximate surface area is 203 Å². The van der Waals surface area contributed by atoms with E-state index in [0.29, 0.717) is 37.9 Å². The van der Waals surface area contributed by atoms with Crippen LogP contribution in [0.4, 0.5) is 15.9 Å². The Balaban J connectivity index is 1.39. The lowest BCUT2D eigenvalue weighted by Crippen LogP contribution is -2.40. The number of rotatable bonds is 7. The number of nitrogens with one attached hydrogen (secondary N) is 1. The highest BCUT2D eigenvalue weighted by molar-refractivity contribution is 7.20. The number of piperidine rings is 1. The Morgan fingerprint density at radius 1 is 1.35 bits per heavy atom. The van der Waals surface area contributed by atoms with Gasteiger partial charge in [0.1, 0.15) is 39.7 Å². The summed E-state index contributed by atoms with van der Waals surface area (Å²) < 4.78 is 20.5. The number of carbonyl (C=O) groups excluding carboxylic acids is 1. The highest BCUT2D eigenvalue weighted by atomic mass is 32.1. The number of hydrogen-bond acceptors (Lipinski definition) is 9. The predicted octanol–water partition coefficient (Wildman–Crippen LogP) is 4.48. The summed E-state index contributed by atoms with van der Waals surface area (Å²) in [6.45, 7) is 4.31. The molecule has 1 fully saturated rings. The molecule has 4 heterocycles. The Hall–Kier alpha value is -3.15. The number of aromatic nitrogens is 3. The molecule has 3 N–H and O–H groups in total. The summed E-state index contributed by atoms with van der Waals surface area (Å²) in [5.74, 6) is 0.0380. The standard InChI is InChI=1S/C23H23FN6O2S2/c1-13-19-22(27-12-28-23(19)34-20(13)21(25)31)29-16-5-4-14(24)9-17(16)32-15-3-2-7-30(10-15)11-18-26-6-8-33-18/h4-6,8-9,12,15H,2-3,7,10-11H2,1H3,(H2,25,31)(H,27,28,29)/t15-/m1/s1. The van der Waals surface area contributed by atoms with E-state index >= 15 is 0 Å². The highest BCUT2D eigenvalue weighted by Gasteiger charge is 2.24. The Bertz CT molecular complexity index is 1330. The zero-order valence-electron chi connectivity index (χ0n) is 18.5. The van der Waals surface area contributed by atoms with E-state index in [0.717, 1.165) is 37.5 Å². The number of anilines is 2. The zero-order valence-corrected chi connectivity index (χ0v) is 20.1. The third-order valence-electron chi connectivity index (χ3n) is 5.75. The minimum absolute atomic E-state index is 0.0779. The van der Waals surface area contributed by atoms with Crippen LogP contribution in [0.15, 0.2) is 36.1 Å². The highest BCUT2D eigenvalue weighted by Crippen LogP contribution is 2.37. The molecule has 1 aromatic carbocycles. The zero-order chi connectivity index (χ0) is 23.7. The monoisotopic (exact) mass is 498 g/mol. The van der Waals surface area contributed by atoms with Crippen LogP contribution in [-0.2, 0) is 6.54 Å². The summed E-state index contributed by atoms with van der Waals surface area (Å²) >= 11 is 2.87. The average molecular weight is 499 g/mol. The number of carbonyl (C=O) groups is 1. The molecule has 11 heteroatoms. The minimum Gasteiger partial charge on any atom is -0.487 e. The fourth-order valence-electron chi connectivity index (χ4n) is 4.18. The molecule has 5 rings (SSSR count). The topological polar surface area (TPSA) is 106 Å². The van der Waals surface area contributed by atoms with Crippen molar-refractivity contribution in [2.24, 2.45) is 5.73 Å². The van der Waals surface area contributed by atoms with Crippen molar-refractivity contribution in [2.45, 2.75) is 32.4 Å². The first kappa shape index (κ1) is 22.6. The van der Waals surface area contributed by atoms with Crippen molar-refractivity contribution in [3.8, 4) is 5.75 Å². The van der Waals surface area contributed by atoms with Crippen molar-refractivity contribution in [1.82, 2.24) is 19.9 Å². The molecule has 3 aromatic heterocycles. The molecule has 0 aliphatic carbocycles. The molecule has 8 nitrogen and oxygen atoms in total. The molecule has 1 amide bonds. The number of hydrogen-bond donors (Lipinski definition) is 2. The molecule has 0 bridgehead atoms. The lowest BCUT2D eigenvalue weighted by Gasteiger charge is -2.32. The summed E-state index contributed by atoms with van der Waals surface area (Å²) in [5.41, 5.74) is 6.81. The van der Waals surface area contributed by atoms with Gasteiger partial charge in [-0.3, -0.25) is 9.69 Å². The Morgan fingerprint density at radius 3 is 3.03 bits per heavy atom. The second kappa shape index (κ2) is 9.61. The third-order valence-corrected chi connectivity index (χ3v) is 7.72. The first-order chi connectivity index (χ1) is 16.5. The van der Waals surface area contributed by atoms with Gasteiger partial charge in [-0.1, -0.05) is 0 Å². The van der Waals surface area contributed by atoms with Gasteiger partial charge < -0.3 is 15.8 Å². The number of nitrogens with zero attached hydrogens (tertiary/aromatic N) is 4. The lowest BCUT2D eigenvalue weighted by atomic mass is 10.1. The second-order valence-corrected chi connectivity index (χ2v) is 10.1. The second-order valence-electron chi connectivity index (χ2n) is 8.13. The predicted molar refractivity (Wildman–Crippen MR) is 131 cm³/mol. The average Bonchev–Trinajstić information content (AvgIpc) is 3.44. The van der Waals surface area contributed by atoms with E-state index in [1.807, 2.05) is 18.5 Å². The van der Waals surface area contributed by atoms with Gasteiger partial charge in [0.05, 0.1) is 22.5 Å². The maximum Gasteiger partial charge on any atom is 0.259 e. The van der Waals surface area contributed by atoms with Crippen LogP contribution in [0.5, 0.6) is 5.75 Å². The lowest BCUT2D eigenvalue weighted by molar-refractivity contribution is 0.0845. The van der Waals surface area contributed by atoms with Crippen LogP contribution in [0.2, 0.25) is 0 Å². The molecular formula is C23H23FN6O2S2. The van der Waals surface area contributed by atoms with E-state index in [1.165, 1.54) is 29.8 Å². The first-order valence-corrected chi connectivity index (χ1v) is 12.6. The van der Waals surface area contributed by atoms with Crippen molar-refractivity contribution in [3.05, 3.63) is 57.4 Å². The van der Waals surface area contributed by atoms with Crippen molar-refractivity contribution in [1.29, 1.82) is 0 Å². The van der Waals surface area contributed by atoms with Crippen molar-refractivity contribution in [2.75, 3.05) is 18.4 Å². The molecule has 0 saturated carbocycles. The molecule has 1 aliphatic heterocycles. The summed E-state index contributed by atoms with van der Waals surface area (Å²) in [4.78, 5) is 28.2. The van der Waals surface area contributed by atoms with Crippen molar-refractivity contribution < 1.29 is 13.9 Å². The van der Waals surface area contributed by atoms with Crippen molar-refractivity contribution >= 4 is 50.3 Å². The normalized spacial score (nSPS) is 16.6. The number of likely N-dealkylation sites (tertiary alicyclic amines) is 1. The molecule has 0 spiro atoms. The fraction of sp³-hybridized carbons (Fsp3) is 0.304. The molecule has 0 unspecified atom stereocenters. The summed E-state index contributed by atoms with van der Waals surface area (Å²) in [6, 6.07) is 4.39. The molecular weight excluding hydrogens is 475 g/mol. The summed E-state index contributed by atoms with van der Waals surface area (Å²) in [5, 5.41) is 7.02. The van der Waals surface area contributed by atoms with Gasteiger partial charge in [-0.2, -0.15) is 0 Å². The number of amides is 1. The van der Waals surface area contributed by atoms with E-state index in [9.17, 15) is 9.18 Å². The van der Waals surface area contributed by atoms with E-state index in [1.54, 1.807) is 17.4 Å². The Morgan fingerprint density at radius 2 is 2.24 bits per heavy atom. The maximum absolute atomic E-state index is 14.2. The van der Waals surface area contributed by atoms with E-state index in [2.05, 4.69) is 25.2 Å². The quantitative estimate of drug-likeness (QED) is 0.387. The largest absolute Gasteiger partial charge is 0.487 e. The number of primary amides is 1. The van der Waals surface area contributed by atoms with E-state index in [-0.39, 0.29) is 11.9 Å². The van der Waals surface area contributed by atoms with Gasteiger partial charge in [0.25, 0.3) is 5.91 Å². The van der Waals surface area contributed by atoms with Gasteiger partial charge in [0.15, 0.2) is 0 Å². The van der Waals surface area contributed by atoms with Crippen LogP contribution in [0, 0.1) is 12.7 Å². The number of nitrogens with two attached hydrogens (primary N) is 1. The van der Waals surface area contributed by atoms with Crippen LogP contribution >= 0.6 is 22.7 Å². The molecule has 1 aliphatic rings. The molecule has 176 valence electrons.